The van der Waals surface area contributed by atoms with Gasteiger partial charge in [0.25, 0.3) is 5.91 Å². The summed E-state index contributed by atoms with van der Waals surface area (Å²) in [5.41, 5.74) is 3.66. The molecule has 0 saturated carbocycles. The number of ether oxygens (including phenoxy) is 1. The molecular weight excluding hydrogens is 344 g/mol. The highest BCUT2D eigenvalue weighted by Crippen LogP contribution is 2.33. The highest BCUT2D eigenvalue weighted by Gasteiger charge is 2.17. The predicted molar refractivity (Wildman–Crippen MR) is 95.9 cm³/mol. The van der Waals surface area contributed by atoms with Crippen LogP contribution in [0.5, 0.6) is 5.75 Å². The maximum absolute atomic E-state index is 11.4. The van der Waals surface area contributed by atoms with Crippen molar-refractivity contribution in [2.45, 2.75) is 6.42 Å². The first-order chi connectivity index (χ1) is 11.7. The summed E-state index contributed by atoms with van der Waals surface area (Å²) in [5.74, 6) is 0.548. The molecule has 24 heavy (non-hydrogen) atoms. The van der Waals surface area contributed by atoms with Crippen molar-refractivity contribution in [2.24, 2.45) is 0 Å². The fourth-order valence-corrected chi connectivity index (χ4v) is 3.64. The van der Waals surface area contributed by atoms with Crippen molar-refractivity contribution >= 4 is 34.5 Å². The summed E-state index contributed by atoms with van der Waals surface area (Å²) in [7, 11) is 0. The van der Waals surface area contributed by atoms with Crippen LogP contribution in [-0.4, -0.2) is 17.5 Å². The number of thiazole rings is 1. The zero-order valence-electron chi connectivity index (χ0n) is 12.6. The molecule has 4 rings (SSSR count). The van der Waals surface area contributed by atoms with Crippen molar-refractivity contribution in [3.05, 3.63) is 63.4 Å². The summed E-state index contributed by atoms with van der Waals surface area (Å²) in [6.45, 7) is 0.0623. The summed E-state index contributed by atoms with van der Waals surface area (Å²) in [4.78, 5) is 16.1. The Labute approximate surface area is 148 Å². The van der Waals surface area contributed by atoms with Crippen LogP contribution in [0.2, 0.25) is 5.02 Å². The lowest BCUT2D eigenvalue weighted by Crippen LogP contribution is -2.25. The Morgan fingerprint density at radius 2 is 2.17 bits per heavy atom. The van der Waals surface area contributed by atoms with Crippen LogP contribution in [0.15, 0.2) is 47.8 Å². The number of fused-ring (bicyclic) bond motifs is 1. The van der Waals surface area contributed by atoms with Gasteiger partial charge in [0, 0.05) is 22.4 Å². The number of aromatic nitrogens is 1. The maximum Gasteiger partial charge on any atom is 0.262 e. The van der Waals surface area contributed by atoms with Crippen molar-refractivity contribution in [2.75, 3.05) is 11.9 Å². The van der Waals surface area contributed by atoms with Crippen LogP contribution in [0, 0.1) is 0 Å². The van der Waals surface area contributed by atoms with Crippen LogP contribution in [0.4, 0.5) is 5.69 Å². The lowest BCUT2D eigenvalue weighted by Gasteiger charge is -2.18. The van der Waals surface area contributed by atoms with Gasteiger partial charge < -0.3 is 10.1 Å². The number of rotatable bonds is 3. The maximum atomic E-state index is 11.4. The molecule has 0 bridgehead atoms. The second kappa shape index (κ2) is 6.26. The quantitative estimate of drug-likeness (QED) is 0.757. The number of halogens is 1. The molecule has 0 unspecified atom stereocenters. The Bertz CT molecular complexity index is 923. The van der Waals surface area contributed by atoms with Gasteiger partial charge in [-0.1, -0.05) is 23.7 Å². The van der Waals surface area contributed by atoms with E-state index in [0.29, 0.717) is 11.4 Å². The number of anilines is 1. The average molecular weight is 357 g/mol. The minimum Gasteiger partial charge on any atom is -0.482 e. The summed E-state index contributed by atoms with van der Waals surface area (Å²) >= 11 is 7.64. The van der Waals surface area contributed by atoms with E-state index in [2.05, 4.69) is 5.32 Å². The fourth-order valence-electron chi connectivity index (χ4n) is 2.59. The van der Waals surface area contributed by atoms with Crippen molar-refractivity contribution in [1.29, 1.82) is 0 Å². The lowest BCUT2D eigenvalue weighted by atomic mass is 10.1. The van der Waals surface area contributed by atoms with Gasteiger partial charge >= 0.3 is 0 Å². The Morgan fingerprint density at radius 3 is 3.04 bits per heavy atom. The van der Waals surface area contributed by atoms with Crippen molar-refractivity contribution in [3.63, 3.8) is 0 Å². The first kappa shape index (κ1) is 15.2. The third-order valence-corrected chi connectivity index (χ3v) is 4.79. The third kappa shape index (κ3) is 3.13. The molecule has 1 N–H and O–H groups in total. The molecule has 1 aliphatic rings. The van der Waals surface area contributed by atoms with Crippen molar-refractivity contribution in [3.8, 4) is 17.0 Å². The number of nitrogens with one attached hydrogen (secondary N) is 1. The molecule has 0 aliphatic carbocycles. The molecule has 0 radical (unpaired) electrons. The van der Waals surface area contributed by atoms with Crippen molar-refractivity contribution in [1.82, 2.24) is 4.98 Å². The molecule has 3 aromatic rings. The smallest absolute Gasteiger partial charge is 0.262 e. The molecular formula is C18H13ClN2O2S. The number of amides is 1. The normalized spacial score (nSPS) is 13.1. The second-order valence-electron chi connectivity index (χ2n) is 5.48. The zero-order valence-corrected chi connectivity index (χ0v) is 14.2. The van der Waals surface area contributed by atoms with E-state index in [-0.39, 0.29) is 12.5 Å². The van der Waals surface area contributed by atoms with E-state index in [1.54, 1.807) is 11.3 Å². The highest BCUT2D eigenvalue weighted by molar-refractivity contribution is 7.10. The van der Waals surface area contributed by atoms with Crippen molar-refractivity contribution < 1.29 is 9.53 Å². The SMILES string of the molecule is O=C1COc2ccc(-c3csc(Cc4cccc(Cl)c4)n3)cc2N1. The lowest BCUT2D eigenvalue weighted by molar-refractivity contribution is -0.118. The molecule has 1 aliphatic heterocycles. The Balaban J connectivity index is 1.58. The standard InChI is InChI=1S/C18H13ClN2O2S/c19-13-3-1-2-11(6-13)7-18-21-15(10-24-18)12-4-5-16-14(8-12)20-17(22)9-23-16/h1-6,8,10H,7,9H2,(H,20,22). The number of hydrogen-bond acceptors (Lipinski definition) is 4. The van der Waals surface area contributed by atoms with Crippen LogP contribution >= 0.6 is 22.9 Å². The summed E-state index contributed by atoms with van der Waals surface area (Å²) in [5, 5.41) is 6.59. The van der Waals surface area contributed by atoms with Gasteiger partial charge in [0.1, 0.15) is 5.75 Å². The largest absolute Gasteiger partial charge is 0.482 e. The van der Waals surface area contributed by atoms with E-state index in [1.165, 1.54) is 0 Å². The van der Waals surface area contributed by atoms with Crippen LogP contribution < -0.4 is 10.1 Å². The molecule has 120 valence electrons. The number of benzene rings is 2. The first-order valence-corrected chi connectivity index (χ1v) is 8.69. The Morgan fingerprint density at radius 1 is 1.25 bits per heavy atom. The second-order valence-corrected chi connectivity index (χ2v) is 6.86. The number of carbonyl (C=O) groups excluding carboxylic acids is 1. The minimum atomic E-state index is -0.139. The summed E-state index contributed by atoms with van der Waals surface area (Å²) in [6.07, 6.45) is 0.746. The number of carbonyl (C=O) groups is 1. The van der Waals surface area contributed by atoms with E-state index in [4.69, 9.17) is 21.3 Å². The van der Waals surface area contributed by atoms with Gasteiger partial charge in [-0.2, -0.15) is 0 Å². The molecule has 0 atom stereocenters. The third-order valence-electron chi connectivity index (χ3n) is 3.70. The summed E-state index contributed by atoms with van der Waals surface area (Å²) in [6, 6.07) is 13.5. The summed E-state index contributed by atoms with van der Waals surface area (Å²) < 4.78 is 5.38. The molecule has 2 heterocycles. The van der Waals surface area contributed by atoms with E-state index in [0.717, 1.165) is 33.3 Å². The van der Waals surface area contributed by atoms with Gasteiger partial charge in [-0.15, -0.1) is 11.3 Å². The van der Waals surface area contributed by atoms with E-state index < -0.39 is 0 Å². The van der Waals surface area contributed by atoms with Crippen LogP contribution in [-0.2, 0) is 11.2 Å². The Hall–Kier alpha value is -2.37. The van der Waals surface area contributed by atoms with Gasteiger partial charge in [0.15, 0.2) is 6.61 Å². The van der Waals surface area contributed by atoms with E-state index in [1.807, 2.05) is 47.8 Å². The molecule has 1 amide bonds. The Kier molecular flexibility index (Phi) is 3.96. The predicted octanol–water partition coefficient (Wildman–Crippen LogP) is 4.39. The number of nitrogens with zero attached hydrogens (tertiary/aromatic N) is 1. The van der Waals surface area contributed by atoms with Gasteiger partial charge in [-0.3, -0.25) is 4.79 Å². The monoisotopic (exact) mass is 356 g/mol. The van der Waals surface area contributed by atoms with Gasteiger partial charge in [0.2, 0.25) is 0 Å². The molecule has 0 fully saturated rings. The molecule has 0 spiro atoms. The van der Waals surface area contributed by atoms with Gasteiger partial charge in [-0.05, 0) is 35.9 Å². The number of hydrogen-bond donors (Lipinski definition) is 1. The van der Waals surface area contributed by atoms with E-state index in [9.17, 15) is 4.79 Å². The molecule has 0 saturated heterocycles. The van der Waals surface area contributed by atoms with Gasteiger partial charge in [0.05, 0.1) is 16.4 Å². The fraction of sp³-hybridized carbons (Fsp3) is 0.111. The van der Waals surface area contributed by atoms with Crippen LogP contribution in [0.25, 0.3) is 11.3 Å². The zero-order chi connectivity index (χ0) is 16.5. The average Bonchev–Trinajstić information content (AvgIpc) is 3.02. The molecule has 6 heteroatoms. The molecule has 4 nitrogen and oxygen atoms in total. The topological polar surface area (TPSA) is 51.2 Å². The van der Waals surface area contributed by atoms with Gasteiger partial charge in [-0.25, -0.2) is 4.98 Å². The first-order valence-electron chi connectivity index (χ1n) is 7.43. The van der Waals surface area contributed by atoms with E-state index >= 15 is 0 Å². The minimum absolute atomic E-state index is 0.0623. The molecule has 1 aromatic heterocycles. The highest BCUT2D eigenvalue weighted by atomic mass is 35.5. The van der Waals surface area contributed by atoms with Crippen LogP contribution in [0.3, 0.4) is 0 Å². The molecule has 2 aromatic carbocycles. The van der Waals surface area contributed by atoms with Crippen LogP contribution in [0.1, 0.15) is 10.6 Å².